The van der Waals surface area contributed by atoms with Crippen molar-refractivity contribution in [1.82, 2.24) is 0 Å². The molecule has 1 rings (SSSR count). The van der Waals surface area contributed by atoms with Crippen LogP contribution in [0.3, 0.4) is 0 Å². The highest BCUT2D eigenvalue weighted by Crippen LogP contribution is 2.27. The Kier molecular flexibility index (Phi) is 3.56. The summed E-state index contributed by atoms with van der Waals surface area (Å²) >= 11 is 0. The predicted octanol–water partition coefficient (Wildman–Crippen LogP) is 3.64. The van der Waals surface area contributed by atoms with Gasteiger partial charge >= 0.3 is 0 Å². The van der Waals surface area contributed by atoms with Gasteiger partial charge in [-0.3, -0.25) is 0 Å². The minimum Gasteiger partial charge on any atom is -0.321 e. The first-order chi connectivity index (χ1) is 6.85. The molecule has 0 aliphatic rings. The summed E-state index contributed by atoms with van der Waals surface area (Å²) in [4.78, 5) is 0. The van der Waals surface area contributed by atoms with Crippen LogP contribution in [0, 0.1) is 5.92 Å². The van der Waals surface area contributed by atoms with Crippen molar-refractivity contribution in [1.29, 1.82) is 0 Å². The summed E-state index contributed by atoms with van der Waals surface area (Å²) in [6.07, 6.45) is 0. The maximum Gasteiger partial charge on any atom is 0.0404 e. The monoisotopic (exact) mass is 205 g/mol. The fourth-order valence-electron chi connectivity index (χ4n) is 1.56. The maximum atomic E-state index is 6.31. The third-order valence-electron chi connectivity index (χ3n) is 3.40. The van der Waals surface area contributed by atoms with Crippen LogP contribution in [0.5, 0.6) is 0 Å². The van der Waals surface area contributed by atoms with Gasteiger partial charge in [0.15, 0.2) is 0 Å². The lowest BCUT2D eigenvalue weighted by atomic mass is 9.82. The zero-order chi connectivity index (χ0) is 11.6. The fraction of sp³-hybridized carbons (Fsp3) is 0.571. The van der Waals surface area contributed by atoms with Crippen molar-refractivity contribution >= 4 is 0 Å². The van der Waals surface area contributed by atoms with Crippen LogP contribution < -0.4 is 5.73 Å². The van der Waals surface area contributed by atoms with E-state index in [9.17, 15) is 0 Å². The zero-order valence-electron chi connectivity index (χ0n) is 10.5. The van der Waals surface area contributed by atoms with Gasteiger partial charge in [-0.15, -0.1) is 0 Å². The maximum absolute atomic E-state index is 6.31. The van der Waals surface area contributed by atoms with E-state index >= 15 is 0 Å². The molecule has 0 amide bonds. The second kappa shape index (κ2) is 4.36. The van der Waals surface area contributed by atoms with Crippen molar-refractivity contribution in [2.75, 3.05) is 0 Å². The normalized spacial score (nSPS) is 15.7. The smallest absolute Gasteiger partial charge is 0.0404 e. The van der Waals surface area contributed by atoms with E-state index in [1.807, 2.05) is 0 Å². The van der Waals surface area contributed by atoms with Crippen LogP contribution in [0.2, 0.25) is 0 Å². The topological polar surface area (TPSA) is 26.0 Å². The highest BCUT2D eigenvalue weighted by Gasteiger charge is 2.24. The summed E-state index contributed by atoms with van der Waals surface area (Å²) < 4.78 is 0. The summed E-state index contributed by atoms with van der Waals surface area (Å²) in [6.45, 7) is 10.8. The van der Waals surface area contributed by atoms with Crippen molar-refractivity contribution < 1.29 is 0 Å². The van der Waals surface area contributed by atoms with Gasteiger partial charge in [-0.1, -0.05) is 52.0 Å². The summed E-state index contributed by atoms with van der Waals surface area (Å²) in [6, 6.07) is 8.70. The summed E-state index contributed by atoms with van der Waals surface area (Å²) in [5, 5.41) is 0. The molecule has 0 aromatic heterocycles. The first-order valence-corrected chi connectivity index (χ1v) is 5.75. The second-order valence-electron chi connectivity index (χ2n) is 5.21. The molecule has 1 aromatic rings. The van der Waals surface area contributed by atoms with Crippen molar-refractivity contribution in [3.05, 3.63) is 35.4 Å². The Morgan fingerprint density at radius 1 is 1.00 bits per heavy atom. The van der Waals surface area contributed by atoms with Crippen LogP contribution in [-0.4, -0.2) is 0 Å². The molecule has 0 saturated heterocycles. The average Bonchev–Trinajstić information content (AvgIpc) is 2.17. The van der Waals surface area contributed by atoms with Crippen LogP contribution in [-0.2, 0) is 5.54 Å². The molecule has 2 N–H and O–H groups in total. The number of benzene rings is 1. The Morgan fingerprint density at radius 3 is 1.80 bits per heavy atom. The van der Waals surface area contributed by atoms with Crippen LogP contribution in [0.15, 0.2) is 24.3 Å². The van der Waals surface area contributed by atoms with Gasteiger partial charge in [0.05, 0.1) is 0 Å². The lowest BCUT2D eigenvalue weighted by Gasteiger charge is -2.30. The van der Waals surface area contributed by atoms with Crippen LogP contribution in [0.1, 0.15) is 51.7 Å². The highest BCUT2D eigenvalue weighted by atomic mass is 14.7. The number of hydrogen-bond donors (Lipinski definition) is 1. The molecular formula is C14H23N. The van der Waals surface area contributed by atoms with E-state index in [1.165, 1.54) is 11.1 Å². The van der Waals surface area contributed by atoms with Crippen LogP contribution in [0.25, 0.3) is 0 Å². The first-order valence-electron chi connectivity index (χ1n) is 5.75. The van der Waals surface area contributed by atoms with Gasteiger partial charge in [0.2, 0.25) is 0 Å². The molecular weight excluding hydrogens is 182 g/mol. The summed E-state index contributed by atoms with van der Waals surface area (Å²) in [5.74, 6) is 1.03. The highest BCUT2D eigenvalue weighted by molar-refractivity contribution is 5.29. The average molecular weight is 205 g/mol. The van der Waals surface area contributed by atoms with Gasteiger partial charge < -0.3 is 5.73 Å². The van der Waals surface area contributed by atoms with E-state index in [1.54, 1.807) is 0 Å². The first kappa shape index (κ1) is 12.3. The van der Waals surface area contributed by atoms with E-state index in [0.29, 0.717) is 11.8 Å². The third-order valence-corrected chi connectivity index (χ3v) is 3.40. The molecule has 0 radical (unpaired) electrons. The van der Waals surface area contributed by atoms with E-state index in [2.05, 4.69) is 58.9 Å². The Bertz CT molecular complexity index is 307. The minimum absolute atomic E-state index is 0.227. The van der Waals surface area contributed by atoms with Crippen LogP contribution in [0.4, 0.5) is 0 Å². The van der Waals surface area contributed by atoms with Gasteiger partial charge in [-0.25, -0.2) is 0 Å². The lowest BCUT2D eigenvalue weighted by Crippen LogP contribution is -2.38. The number of rotatable bonds is 3. The molecule has 0 fully saturated rings. The van der Waals surface area contributed by atoms with Crippen molar-refractivity contribution in [2.45, 2.75) is 46.1 Å². The van der Waals surface area contributed by atoms with Gasteiger partial charge in [0.1, 0.15) is 0 Å². The van der Waals surface area contributed by atoms with Crippen molar-refractivity contribution in [3.63, 3.8) is 0 Å². The summed E-state index contributed by atoms with van der Waals surface area (Å²) in [5.41, 5.74) is 8.68. The largest absolute Gasteiger partial charge is 0.321 e. The van der Waals surface area contributed by atoms with E-state index in [-0.39, 0.29) is 5.54 Å². The number of nitrogens with two attached hydrogens (primary N) is 1. The van der Waals surface area contributed by atoms with Crippen LogP contribution >= 0.6 is 0 Å². The summed E-state index contributed by atoms with van der Waals surface area (Å²) in [7, 11) is 0. The molecule has 1 nitrogen and oxygen atoms in total. The Labute approximate surface area is 93.7 Å². The van der Waals surface area contributed by atoms with E-state index in [0.717, 1.165) is 0 Å². The van der Waals surface area contributed by atoms with E-state index in [4.69, 9.17) is 5.73 Å². The Balaban J connectivity index is 2.98. The lowest BCUT2D eigenvalue weighted by molar-refractivity contribution is 0.350. The molecule has 0 heterocycles. The van der Waals surface area contributed by atoms with Gasteiger partial charge in [-0.2, -0.15) is 0 Å². The molecule has 0 saturated carbocycles. The minimum atomic E-state index is -0.227. The Morgan fingerprint density at radius 2 is 1.47 bits per heavy atom. The molecule has 84 valence electrons. The fourth-order valence-corrected chi connectivity index (χ4v) is 1.56. The molecule has 1 heteroatoms. The molecule has 0 spiro atoms. The third kappa shape index (κ3) is 2.60. The van der Waals surface area contributed by atoms with Gasteiger partial charge in [0.25, 0.3) is 0 Å². The standard InChI is InChI=1S/C14H23N/c1-10(2)12-6-8-13(9-7-12)14(5,15)11(3)4/h6-11H,15H2,1-5H3. The molecule has 0 bridgehead atoms. The molecule has 0 aliphatic carbocycles. The predicted molar refractivity (Wildman–Crippen MR) is 66.9 cm³/mol. The zero-order valence-corrected chi connectivity index (χ0v) is 10.5. The molecule has 1 atom stereocenters. The SMILES string of the molecule is CC(C)c1ccc(C(C)(N)C(C)C)cc1. The molecule has 1 aromatic carbocycles. The quantitative estimate of drug-likeness (QED) is 0.801. The van der Waals surface area contributed by atoms with Crippen molar-refractivity contribution in [2.24, 2.45) is 11.7 Å². The van der Waals surface area contributed by atoms with Gasteiger partial charge in [-0.05, 0) is 29.9 Å². The second-order valence-corrected chi connectivity index (χ2v) is 5.21. The number of hydrogen-bond acceptors (Lipinski definition) is 1. The molecule has 15 heavy (non-hydrogen) atoms. The van der Waals surface area contributed by atoms with E-state index < -0.39 is 0 Å². The van der Waals surface area contributed by atoms with Crippen molar-refractivity contribution in [3.8, 4) is 0 Å². The van der Waals surface area contributed by atoms with Gasteiger partial charge in [0, 0.05) is 5.54 Å². The Hall–Kier alpha value is -0.820. The molecule has 0 aliphatic heterocycles. The molecule has 1 unspecified atom stereocenters.